The molecule has 0 bridgehead atoms. The van der Waals surface area contributed by atoms with Crippen LogP contribution in [0.5, 0.6) is 0 Å². The lowest BCUT2D eigenvalue weighted by Crippen LogP contribution is -2.00. The predicted octanol–water partition coefficient (Wildman–Crippen LogP) is 1.76. The minimum absolute atomic E-state index is 0.398. The van der Waals surface area contributed by atoms with Gasteiger partial charge in [0.2, 0.25) is 0 Å². The van der Waals surface area contributed by atoms with Gasteiger partial charge in [-0.2, -0.15) is 0 Å². The minimum atomic E-state index is 0.398. The largest absolute Gasteiger partial charge is 0.375 e. The molecule has 1 rings (SSSR count). The maximum absolute atomic E-state index is 5.29. The van der Waals surface area contributed by atoms with Crippen molar-refractivity contribution in [2.45, 2.75) is 25.9 Å². The Morgan fingerprint density at radius 3 is 3.00 bits per heavy atom. The Morgan fingerprint density at radius 2 is 2.36 bits per heavy atom. The van der Waals surface area contributed by atoms with E-state index < -0.39 is 0 Å². The fourth-order valence-corrected chi connectivity index (χ4v) is 0.784. The summed E-state index contributed by atoms with van der Waals surface area (Å²) in [6, 6.07) is 0. The fourth-order valence-electron chi connectivity index (χ4n) is 0.784. The van der Waals surface area contributed by atoms with Crippen LogP contribution < -0.4 is 0 Å². The molecule has 2 heteroatoms. The van der Waals surface area contributed by atoms with E-state index in [1.165, 1.54) is 6.42 Å². The van der Waals surface area contributed by atoms with Gasteiger partial charge in [-0.15, -0.1) is 0 Å². The molecule has 0 spiro atoms. The van der Waals surface area contributed by atoms with Crippen LogP contribution in [-0.4, -0.2) is 25.9 Å². The Kier molecular flexibility index (Phi) is 4.24. The molecule has 0 amide bonds. The second kappa shape index (κ2) is 5.33. The van der Waals surface area contributed by atoms with Crippen LogP contribution in [0.2, 0.25) is 0 Å². The molecule has 0 saturated carbocycles. The van der Waals surface area contributed by atoms with Gasteiger partial charge >= 0.3 is 0 Å². The highest BCUT2D eigenvalue weighted by Gasteiger charge is 2.21. The number of rotatable bonds is 6. The van der Waals surface area contributed by atoms with Crippen molar-refractivity contribution in [3.8, 4) is 0 Å². The van der Waals surface area contributed by atoms with Gasteiger partial charge in [0.05, 0.1) is 19.8 Å². The van der Waals surface area contributed by atoms with Crippen LogP contribution in [0.4, 0.5) is 0 Å². The molecule has 0 N–H and O–H groups in total. The highest BCUT2D eigenvalue weighted by Crippen LogP contribution is 2.08. The number of hydrogen-bond acceptors (Lipinski definition) is 2. The first-order chi connectivity index (χ1) is 5.43. The molecule has 1 fully saturated rings. The first kappa shape index (κ1) is 8.75. The Hall–Kier alpha value is -0.340. The summed E-state index contributed by atoms with van der Waals surface area (Å²) in [5, 5.41) is 0. The molecular formula is C9H16O2. The van der Waals surface area contributed by atoms with Gasteiger partial charge in [-0.25, -0.2) is 0 Å². The predicted molar refractivity (Wildman–Crippen MR) is 44.6 cm³/mol. The second-order valence-corrected chi connectivity index (χ2v) is 2.75. The molecule has 1 aliphatic heterocycles. The molecule has 11 heavy (non-hydrogen) atoms. The van der Waals surface area contributed by atoms with Gasteiger partial charge in [0.15, 0.2) is 0 Å². The fraction of sp³-hybridized carbons (Fsp3) is 0.778. The van der Waals surface area contributed by atoms with Gasteiger partial charge < -0.3 is 9.47 Å². The highest BCUT2D eigenvalue weighted by atomic mass is 16.6. The Balaban J connectivity index is 1.78. The second-order valence-electron chi connectivity index (χ2n) is 2.75. The van der Waals surface area contributed by atoms with E-state index in [1.807, 2.05) is 0 Å². The summed E-state index contributed by atoms with van der Waals surface area (Å²) in [5.74, 6) is 0. The summed E-state index contributed by atoms with van der Waals surface area (Å²) in [6.07, 6.45) is 7.00. The van der Waals surface area contributed by atoms with Crippen LogP contribution in [0.15, 0.2) is 12.2 Å². The molecule has 0 aromatic rings. The van der Waals surface area contributed by atoms with E-state index in [1.54, 1.807) is 0 Å². The molecule has 2 nitrogen and oxygen atoms in total. The molecule has 1 unspecified atom stereocenters. The highest BCUT2D eigenvalue weighted by molar-refractivity contribution is 4.81. The van der Waals surface area contributed by atoms with Gasteiger partial charge in [-0.05, 0) is 6.42 Å². The number of epoxide rings is 1. The van der Waals surface area contributed by atoms with Gasteiger partial charge in [0.1, 0.15) is 6.10 Å². The number of ether oxygens (including phenoxy) is 2. The third kappa shape index (κ3) is 4.99. The van der Waals surface area contributed by atoms with E-state index >= 15 is 0 Å². The summed E-state index contributed by atoms with van der Waals surface area (Å²) in [7, 11) is 0. The van der Waals surface area contributed by atoms with Crippen molar-refractivity contribution < 1.29 is 9.47 Å². The molecular weight excluding hydrogens is 140 g/mol. The zero-order valence-electron chi connectivity index (χ0n) is 7.08. The Labute approximate surface area is 68.2 Å². The smallest absolute Gasteiger partial charge is 0.104 e. The standard InChI is InChI=1S/C9H16O2/c1-2-3-4-5-6-10-7-9-8-11-9/h4-5,9H,2-3,6-8H2,1H3/b5-4+. The van der Waals surface area contributed by atoms with Crippen molar-refractivity contribution in [1.29, 1.82) is 0 Å². The first-order valence-electron chi connectivity index (χ1n) is 4.28. The molecule has 1 saturated heterocycles. The lowest BCUT2D eigenvalue weighted by atomic mass is 10.3. The average molecular weight is 156 g/mol. The zero-order chi connectivity index (χ0) is 7.94. The number of allylic oxidation sites excluding steroid dienone is 1. The van der Waals surface area contributed by atoms with Crippen molar-refractivity contribution in [2.75, 3.05) is 19.8 Å². The summed E-state index contributed by atoms with van der Waals surface area (Å²) in [5.41, 5.74) is 0. The first-order valence-corrected chi connectivity index (χ1v) is 4.28. The lowest BCUT2D eigenvalue weighted by molar-refractivity contribution is 0.141. The summed E-state index contributed by atoms with van der Waals surface area (Å²) < 4.78 is 10.3. The maximum atomic E-state index is 5.29. The van der Waals surface area contributed by atoms with E-state index in [-0.39, 0.29) is 0 Å². The summed E-state index contributed by atoms with van der Waals surface area (Å²) >= 11 is 0. The molecule has 1 aliphatic rings. The van der Waals surface area contributed by atoms with Crippen molar-refractivity contribution >= 4 is 0 Å². The molecule has 0 aromatic carbocycles. The monoisotopic (exact) mass is 156 g/mol. The van der Waals surface area contributed by atoms with Crippen LogP contribution in [-0.2, 0) is 9.47 Å². The Bertz CT molecular complexity index is 117. The minimum Gasteiger partial charge on any atom is -0.375 e. The van der Waals surface area contributed by atoms with Crippen molar-refractivity contribution in [1.82, 2.24) is 0 Å². The molecule has 0 aromatic heterocycles. The molecule has 1 atom stereocenters. The summed E-state index contributed by atoms with van der Waals surface area (Å²) in [6.45, 7) is 4.55. The topological polar surface area (TPSA) is 21.8 Å². The summed E-state index contributed by atoms with van der Waals surface area (Å²) in [4.78, 5) is 0. The maximum Gasteiger partial charge on any atom is 0.104 e. The van der Waals surface area contributed by atoms with Crippen molar-refractivity contribution in [3.05, 3.63) is 12.2 Å². The van der Waals surface area contributed by atoms with Gasteiger partial charge in [0, 0.05) is 0 Å². The molecule has 64 valence electrons. The van der Waals surface area contributed by atoms with Crippen LogP contribution >= 0.6 is 0 Å². The van der Waals surface area contributed by atoms with Crippen molar-refractivity contribution in [2.24, 2.45) is 0 Å². The quantitative estimate of drug-likeness (QED) is 0.332. The Morgan fingerprint density at radius 1 is 1.55 bits per heavy atom. The van der Waals surface area contributed by atoms with Crippen LogP contribution in [0, 0.1) is 0 Å². The molecule has 1 heterocycles. The van der Waals surface area contributed by atoms with Crippen LogP contribution in [0.1, 0.15) is 19.8 Å². The third-order valence-electron chi connectivity index (χ3n) is 1.54. The van der Waals surface area contributed by atoms with E-state index in [2.05, 4.69) is 19.1 Å². The van der Waals surface area contributed by atoms with Gasteiger partial charge in [-0.3, -0.25) is 0 Å². The average Bonchev–Trinajstić information content (AvgIpc) is 2.80. The van der Waals surface area contributed by atoms with E-state index in [0.29, 0.717) is 6.10 Å². The number of unbranched alkanes of at least 4 members (excludes halogenated alkanes) is 1. The normalized spacial score (nSPS) is 22.8. The van der Waals surface area contributed by atoms with Crippen molar-refractivity contribution in [3.63, 3.8) is 0 Å². The van der Waals surface area contributed by atoms with Gasteiger partial charge in [0.25, 0.3) is 0 Å². The van der Waals surface area contributed by atoms with Crippen LogP contribution in [0.3, 0.4) is 0 Å². The SMILES string of the molecule is CCC/C=C/COCC1CO1. The molecule has 0 aliphatic carbocycles. The van der Waals surface area contributed by atoms with E-state index in [0.717, 1.165) is 26.2 Å². The zero-order valence-corrected chi connectivity index (χ0v) is 7.08. The third-order valence-corrected chi connectivity index (χ3v) is 1.54. The van der Waals surface area contributed by atoms with E-state index in [4.69, 9.17) is 9.47 Å². The molecule has 0 radical (unpaired) electrons. The number of hydrogen-bond donors (Lipinski definition) is 0. The van der Waals surface area contributed by atoms with Gasteiger partial charge in [-0.1, -0.05) is 25.5 Å². The van der Waals surface area contributed by atoms with E-state index in [9.17, 15) is 0 Å². The van der Waals surface area contributed by atoms with Crippen LogP contribution in [0.25, 0.3) is 0 Å². The lowest BCUT2D eigenvalue weighted by Gasteiger charge is -1.94.